The molecule has 0 bridgehead atoms. The molecule has 0 atom stereocenters. The second-order valence-electron chi connectivity index (χ2n) is 5.07. The fourth-order valence-electron chi connectivity index (χ4n) is 1.91. The lowest BCUT2D eigenvalue weighted by Gasteiger charge is -1.98. The Labute approximate surface area is 135 Å². The van der Waals surface area contributed by atoms with Crippen molar-refractivity contribution in [1.82, 2.24) is 0 Å². The first-order chi connectivity index (χ1) is 10.9. The predicted molar refractivity (Wildman–Crippen MR) is 86.0 cm³/mol. The van der Waals surface area contributed by atoms with Crippen molar-refractivity contribution < 1.29 is 29.7 Å². The summed E-state index contributed by atoms with van der Waals surface area (Å²) in [6, 6.07) is 5.48. The summed E-state index contributed by atoms with van der Waals surface area (Å²) >= 11 is 0. The van der Waals surface area contributed by atoms with Crippen LogP contribution in [-0.4, -0.2) is 33.2 Å². The molecule has 6 nitrogen and oxygen atoms in total. The number of aromatic carboxylic acids is 2. The van der Waals surface area contributed by atoms with Crippen LogP contribution in [0.25, 0.3) is 0 Å². The van der Waals surface area contributed by atoms with Crippen LogP contribution in [0.15, 0.2) is 24.3 Å². The van der Waals surface area contributed by atoms with Gasteiger partial charge in [-0.3, -0.25) is 4.79 Å². The van der Waals surface area contributed by atoms with Crippen LogP contribution in [0.3, 0.4) is 0 Å². The summed E-state index contributed by atoms with van der Waals surface area (Å²) in [6.07, 6.45) is 7.25. The maximum atomic E-state index is 10.5. The van der Waals surface area contributed by atoms with E-state index in [4.69, 9.17) is 15.3 Å². The van der Waals surface area contributed by atoms with Gasteiger partial charge in [-0.05, 0) is 18.6 Å². The van der Waals surface area contributed by atoms with E-state index in [2.05, 4.69) is 6.92 Å². The van der Waals surface area contributed by atoms with Gasteiger partial charge in [0.1, 0.15) is 0 Å². The zero-order valence-corrected chi connectivity index (χ0v) is 13.3. The Kier molecular flexibility index (Phi) is 10.9. The predicted octanol–water partition coefficient (Wildman–Crippen LogP) is 3.90. The van der Waals surface area contributed by atoms with Crippen LogP contribution >= 0.6 is 0 Å². The lowest BCUT2D eigenvalue weighted by atomic mass is 10.1. The van der Waals surface area contributed by atoms with Gasteiger partial charge >= 0.3 is 17.9 Å². The number of carbonyl (C=O) groups is 3. The number of hydrogen-bond acceptors (Lipinski definition) is 3. The number of benzene rings is 1. The van der Waals surface area contributed by atoms with Gasteiger partial charge < -0.3 is 15.3 Å². The molecule has 0 aliphatic carbocycles. The van der Waals surface area contributed by atoms with Crippen LogP contribution < -0.4 is 0 Å². The van der Waals surface area contributed by atoms with Gasteiger partial charge in [0.2, 0.25) is 0 Å². The van der Waals surface area contributed by atoms with Gasteiger partial charge in [-0.15, -0.1) is 0 Å². The molecule has 0 spiro atoms. The minimum Gasteiger partial charge on any atom is -0.481 e. The van der Waals surface area contributed by atoms with E-state index >= 15 is 0 Å². The summed E-state index contributed by atoms with van der Waals surface area (Å²) in [5.74, 6) is -3.12. The number of hydrogen-bond donors (Lipinski definition) is 3. The molecule has 1 aromatic rings. The fourth-order valence-corrected chi connectivity index (χ4v) is 1.91. The highest BCUT2D eigenvalue weighted by Gasteiger charge is 2.13. The number of unbranched alkanes of at least 4 members (excludes halogenated alkanes) is 5. The molecule has 23 heavy (non-hydrogen) atoms. The van der Waals surface area contributed by atoms with Crippen molar-refractivity contribution >= 4 is 17.9 Å². The minimum atomic E-state index is -1.23. The van der Waals surface area contributed by atoms with E-state index in [1.165, 1.54) is 49.9 Å². The first kappa shape index (κ1) is 20.6. The molecule has 0 heterocycles. The van der Waals surface area contributed by atoms with Crippen LogP contribution in [0.4, 0.5) is 0 Å². The Morgan fingerprint density at radius 2 is 1.22 bits per heavy atom. The van der Waals surface area contributed by atoms with Gasteiger partial charge in [0.15, 0.2) is 0 Å². The quantitative estimate of drug-likeness (QED) is 0.594. The summed E-state index contributed by atoms with van der Waals surface area (Å²) in [7, 11) is 0. The lowest BCUT2D eigenvalue weighted by Crippen LogP contribution is -2.06. The Balaban J connectivity index is 0.000000423. The highest BCUT2D eigenvalue weighted by Crippen LogP contribution is 2.08. The molecule has 0 fully saturated rings. The monoisotopic (exact) mass is 324 g/mol. The maximum Gasteiger partial charge on any atom is 0.336 e. The Bertz CT molecular complexity index is 477. The molecule has 6 heteroatoms. The highest BCUT2D eigenvalue weighted by molar-refractivity contribution is 6.01. The molecule has 128 valence electrons. The van der Waals surface area contributed by atoms with E-state index in [-0.39, 0.29) is 11.1 Å². The summed E-state index contributed by atoms with van der Waals surface area (Å²) in [5, 5.41) is 25.4. The van der Waals surface area contributed by atoms with E-state index in [9.17, 15) is 14.4 Å². The summed E-state index contributed by atoms with van der Waals surface area (Å²) < 4.78 is 0. The van der Waals surface area contributed by atoms with Crippen LogP contribution in [-0.2, 0) is 4.79 Å². The van der Waals surface area contributed by atoms with Crippen LogP contribution in [0.5, 0.6) is 0 Å². The molecule has 0 saturated carbocycles. The number of rotatable bonds is 9. The molecule has 0 amide bonds. The van der Waals surface area contributed by atoms with Crippen molar-refractivity contribution in [3.63, 3.8) is 0 Å². The smallest absolute Gasteiger partial charge is 0.336 e. The average Bonchev–Trinajstić information content (AvgIpc) is 2.51. The minimum absolute atomic E-state index is 0.190. The Morgan fingerprint density at radius 3 is 1.61 bits per heavy atom. The second-order valence-corrected chi connectivity index (χ2v) is 5.07. The maximum absolute atomic E-state index is 10.5. The first-order valence-electron chi connectivity index (χ1n) is 7.67. The summed E-state index contributed by atoms with van der Waals surface area (Å²) in [6.45, 7) is 2.18. The molecule has 3 N–H and O–H groups in total. The van der Waals surface area contributed by atoms with Gasteiger partial charge in [-0.25, -0.2) is 9.59 Å². The molecule has 1 aromatic carbocycles. The van der Waals surface area contributed by atoms with E-state index in [1.807, 2.05) is 0 Å². The van der Waals surface area contributed by atoms with Crippen LogP contribution in [0.1, 0.15) is 72.6 Å². The average molecular weight is 324 g/mol. The third kappa shape index (κ3) is 10.1. The molecule has 0 aliphatic rings. The second kappa shape index (κ2) is 12.2. The van der Waals surface area contributed by atoms with Crippen molar-refractivity contribution in [3.05, 3.63) is 35.4 Å². The molecule has 0 radical (unpaired) electrons. The number of carboxylic acids is 3. The zero-order chi connectivity index (χ0) is 17.7. The summed E-state index contributed by atoms with van der Waals surface area (Å²) in [5.41, 5.74) is -0.380. The number of carboxylic acid groups (broad SMARTS) is 3. The fraction of sp³-hybridized carbons (Fsp3) is 0.471. The molecular formula is C17H24O6. The largest absolute Gasteiger partial charge is 0.481 e. The van der Waals surface area contributed by atoms with E-state index in [1.54, 1.807) is 0 Å². The third-order valence-corrected chi connectivity index (χ3v) is 3.13. The van der Waals surface area contributed by atoms with Gasteiger partial charge in [-0.2, -0.15) is 0 Å². The normalized spacial score (nSPS) is 9.61. The van der Waals surface area contributed by atoms with Crippen LogP contribution in [0, 0.1) is 0 Å². The van der Waals surface area contributed by atoms with E-state index in [0.717, 1.165) is 12.8 Å². The number of aliphatic carboxylic acids is 1. The third-order valence-electron chi connectivity index (χ3n) is 3.13. The molecule has 0 aliphatic heterocycles. The molecule has 0 unspecified atom stereocenters. The molecule has 0 saturated heterocycles. The SMILES string of the molecule is CCCCCCCCC(=O)O.O=C(O)c1ccccc1C(=O)O. The van der Waals surface area contributed by atoms with Gasteiger partial charge in [0.25, 0.3) is 0 Å². The van der Waals surface area contributed by atoms with Crippen molar-refractivity contribution in [2.75, 3.05) is 0 Å². The van der Waals surface area contributed by atoms with Gasteiger partial charge in [-0.1, -0.05) is 51.2 Å². The summed E-state index contributed by atoms with van der Waals surface area (Å²) in [4.78, 5) is 31.0. The molecule has 1 rings (SSSR count). The van der Waals surface area contributed by atoms with E-state index in [0.29, 0.717) is 6.42 Å². The van der Waals surface area contributed by atoms with Crippen LogP contribution in [0.2, 0.25) is 0 Å². The first-order valence-corrected chi connectivity index (χ1v) is 7.67. The molecule has 0 aromatic heterocycles. The van der Waals surface area contributed by atoms with Crippen molar-refractivity contribution in [1.29, 1.82) is 0 Å². The van der Waals surface area contributed by atoms with Gasteiger partial charge in [0, 0.05) is 6.42 Å². The highest BCUT2D eigenvalue weighted by atomic mass is 16.4. The van der Waals surface area contributed by atoms with Crippen molar-refractivity contribution in [3.8, 4) is 0 Å². The standard InChI is InChI=1S/C9H18O2.C8H6O4/c1-2-3-4-5-6-7-8-9(10)11;9-7(10)5-3-1-2-4-6(5)8(11)12/h2-8H2,1H3,(H,10,11);1-4H,(H,9,10)(H,11,12). The Hall–Kier alpha value is -2.37. The van der Waals surface area contributed by atoms with Crippen molar-refractivity contribution in [2.45, 2.75) is 51.9 Å². The van der Waals surface area contributed by atoms with Gasteiger partial charge in [0.05, 0.1) is 11.1 Å². The topological polar surface area (TPSA) is 112 Å². The van der Waals surface area contributed by atoms with E-state index < -0.39 is 17.9 Å². The Morgan fingerprint density at radius 1 is 0.783 bits per heavy atom. The van der Waals surface area contributed by atoms with Crippen molar-refractivity contribution in [2.24, 2.45) is 0 Å². The zero-order valence-electron chi connectivity index (χ0n) is 13.3. The lowest BCUT2D eigenvalue weighted by molar-refractivity contribution is -0.137. The molecular weight excluding hydrogens is 300 g/mol.